The van der Waals surface area contributed by atoms with Crippen LogP contribution in [0, 0.1) is 23.3 Å². The molecule has 244 valence electrons. The first-order valence-electron chi connectivity index (χ1n) is 13.3. The third kappa shape index (κ3) is 8.70. The topological polar surface area (TPSA) is 96.5 Å². The molecule has 0 atom stereocenters. The van der Waals surface area contributed by atoms with Crippen LogP contribution in [0.15, 0.2) is 89.5 Å². The van der Waals surface area contributed by atoms with Crippen LogP contribution in [0.2, 0.25) is 0 Å². The van der Waals surface area contributed by atoms with Gasteiger partial charge in [0, 0.05) is 16.1 Å². The average Bonchev–Trinajstić information content (AvgIpc) is 3.04. The van der Waals surface area contributed by atoms with Gasteiger partial charge >= 0.3 is 6.18 Å². The molecule has 4 aromatic rings. The van der Waals surface area contributed by atoms with Crippen molar-refractivity contribution in [2.75, 3.05) is 23.5 Å². The normalized spacial score (nSPS) is 11.5. The van der Waals surface area contributed by atoms with Gasteiger partial charge in [0.15, 0.2) is 23.3 Å². The summed E-state index contributed by atoms with van der Waals surface area (Å²) in [6.07, 6.45) is -4.30. The van der Waals surface area contributed by atoms with Crippen molar-refractivity contribution < 1.29 is 49.9 Å². The molecule has 0 fully saturated rings. The lowest BCUT2D eigenvalue weighted by Gasteiger charge is -2.14. The van der Waals surface area contributed by atoms with Crippen LogP contribution in [0.1, 0.15) is 21.5 Å². The highest BCUT2D eigenvalue weighted by Gasteiger charge is 2.42. The van der Waals surface area contributed by atoms with Crippen LogP contribution in [0.3, 0.4) is 0 Å². The molecule has 0 aliphatic rings. The Hall–Kier alpha value is -5.31. The molecule has 7 nitrogen and oxygen atoms in total. The van der Waals surface area contributed by atoms with E-state index in [1.54, 1.807) is 59.9 Å². The fourth-order valence-electron chi connectivity index (χ4n) is 4.02. The number of hydrogen-bond donors (Lipinski definition) is 3. The van der Waals surface area contributed by atoms with Crippen LogP contribution in [0.5, 0.6) is 5.75 Å². The van der Waals surface area contributed by atoms with Crippen molar-refractivity contribution in [3.8, 4) is 5.75 Å². The largest absolute Gasteiger partial charge is 0.497 e. The maximum Gasteiger partial charge on any atom is 0.422 e. The molecule has 0 aliphatic carbocycles. The van der Waals surface area contributed by atoms with Crippen LogP contribution < -0.4 is 20.7 Å². The van der Waals surface area contributed by atoms with E-state index in [9.17, 15) is 45.1 Å². The fraction of sp³-hybridized carbons (Fsp3) is 0.0938. The zero-order valence-electron chi connectivity index (χ0n) is 24.0. The predicted molar refractivity (Wildman–Crippen MR) is 161 cm³/mol. The number of methoxy groups -OCH3 is 1. The number of benzene rings is 4. The lowest BCUT2D eigenvalue weighted by Crippen LogP contribution is -2.30. The van der Waals surface area contributed by atoms with Crippen LogP contribution in [0.4, 0.5) is 42.1 Å². The van der Waals surface area contributed by atoms with Crippen LogP contribution in [-0.2, 0) is 15.8 Å². The van der Waals surface area contributed by atoms with E-state index in [0.717, 1.165) is 11.8 Å². The number of thioether (sulfide) groups is 1. The van der Waals surface area contributed by atoms with Gasteiger partial charge < -0.3 is 20.7 Å². The zero-order chi connectivity index (χ0) is 34.3. The van der Waals surface area contributed by atoms with Crippen LogP contribution in [0.25, 0.3) is 6.08 Å². The minimum Gasteiger partial charge on any atom is -0.497 e. The summed E-state index contributed by atoms with van der Waals surface area (Å²) >= 11 is 0.766. The van der Waals surface area contributed by atoms with Crippen molar-refractivity contribution in [3.05, 3.63) is 125 Å². The monoisotopic (exact) mass is 677 g/mol. The Balaban J connectivity index is 1.48. The quantitative estimate of drug-likeness (QED) is 0.0704. The van der Waals surface area contributed by atoms with Gasteiger partial charge in [0.25, 0.3) is 11.8 Å². The van der Waals surface area contributed by atoms with Crippen LogP contribution in [-0.4, -0.2) is 30.6 Å². The van der Waals surface area contributed by atoms with Gasteiger partial charge in [0.2, 0.25) is 5.91 Å². The summed E-state index contributed by atoms with van der Waals surface area (Å²) in [7, 11) is 1.47. The smallest absolute Gasteiger partial charge is 0.422 e. The Morgan fingerprint density at radius 1 is 0.809 bits per heavy atom. The molecule has 0 aliphatic heterocycles. The number of carbonyl (C=O) groups is 3. The van der Waals surface area contributed by atoms with E-state index in [1.165, 1.54) is 37.5 Å². The molecule has 47 heavy (non-hydrogen) atoms. The van der Waals surface area contributed by atoms with E-state index in [0.29, 0.717) is 16.2 Å². The molecule has 0 bridgehead atoms. The zero-order valence-corrected chi connectivity index (χ0v) is 24.8. The second kappa shape index (κ2) is 14.9. The van der Waals surface area contributed by atoms with Crippen molar-refractivity contribution in [3.63, 3.8) is 0 Å². The molecular formula is C32H22F7N3O4S. The predicted octanol–water partition coefficient (Wildman–Crippen LogP) is 7.41. The Morgan fingerprint density at radius 3 is 2.11 bits per heavy atom. The Morgan fingerprint density at radius 2 is 1.47 bits per heavy atom. The summed E-state index contributed by atoms with van der Waals surface area (Å²) in [4.78, 5) is 38.8. The van der Waals surface area contributed by atoms with E-state index in [4.69, 9.17) is 4.74 Å². The van der Waals surface area contributed by atoms with Gasteiger partial charge in [-0.05, 0) is 54.1 Å². The number of carbonyl (C=O) groups excluding carboxylic acids is 3. The number of anilines is 2. The lowest BCUT2D eigenvalue weighted by molar-refractivity contribution is -0.143. The van der Waals surface area contributed by atoms with Gasteiger partial charge in [-0.1, -0.05) is 36.4 Å². The molecule has 3 N–H and O–H groups in total. The summed E-state index contributed by atoms with van der Waals surface area (Å²) in [6, 6.07) is 20.7. The van der Waals surface area contributed by atoms with Crippen molar-refractivity contribution >= 4 is 46.9 Å². The van der Waals surface area contributed by atoms with Gasteiger partial charge in [0.1, 0.15) is 22.7 Å². The third-order valence-corrected chi connectivity index (χ3v) is 7.20. The maximum atomic E-state index is 14.2. The van der Waals surface area contributed by atoms with Gasteiger partial charge in [0.05, 0.1) is 12.9 Å². The van der Waals surface area contributed by atoms with Crippen molar-refractivity contribution in [1.82, 2.24) is 5.32 Å². The molecule has 0 aromatic heterocycles. The molecule has 0 saturated heterocycles. The highest BCUT2D eigenvalue weighted by Crippen LogP contribution is 2.38. The van der Waals surface area contributed by atoms with Crippen molar-refractivity contribution in [2.24, 2.45) is 0 Å². The highest BCUT2D eigenvalue weighted by molar-refractivity contribution is 8.00. The van der Waals surface area contributed by atoms with Gasteiger partial charge in [-0.25, -0.2) is 17.6 Å². The number of hydrogen-bond acceptors (Lipinski definition) is 5. The summed E-state index contributed by atoms with van der Waals surface area (Å²) < 4.78 is 99.8. The van der Waals surface area contributed by atoms with E-state index < -0.39 is 64.2 Å². The van der Waals surface area contributed by atoms with E-state index in [2.05, 4.69) is 10.6 Å². The highest BCUT2D eigenvalue weighted by atomic mass is 32.2. The van der Waals surface area contributed by atoms with Gasteiger partial charge in [-0.2, -0.15) is 13.2 Å². The number of alkyl halides is 3. The maximum absolute atomic E-state index is 14.2. The fourth-order valence-corrected chi connectivity index (χ4v) is 4.77. The van der Waals surface area contributed by atoms with Crippen molar-refractivity contribution in [2.45, 2.75) is 11.1 Å². The molecule has 3 amide bonds. The molecular weight excluding hydrogens is 655 g/mol. The lowest BCUT2D eigenvalue weighted by atomic mass is 10.1. The van der Waals surface area contributed by atoms with E-state index in [-0.39, 0.29) is 16.9 Å². The van der Waals surface area contributed by atoms with Crippen LogP contribution >= 0.6 is 11.8 Å². The third-order valence-electron chi connectivity index (χ3n) is 6.21. The molecule has 0 unspecified atom stereocenters. The molecule has 0 saturated carbocycles. The first-order chi connectivity index (χ1) is 22.3. The number of halogens is 7. The molecule has 0 heterocycles. The number of nitrogens with one attached hydrogen (secondary N) is 3. The van der Waals surface area contributed by atoms with Gasteiger partial charge in [-0.15, -0.1) is 11.8 Å². The summed E-state index contributed by atoms with van der Waals surface area (Å²) in [5.41, 5.74) is -3.60. The second-order valence-corrected chi connectivity index (χ2v) is 10.5. The number of amides is 3. The first-order valence-corrected chi connectivity index (χ1v) is 14.3. The molecule has 15 heteroatoms. The standard InChI is InChI=1S/C32H22F7N3O4S/c1-46-20-11-5-7-17(13-20)14-22(41-30(44)18-8-3-2-4-9-18)31(45)40-19-10-6-12-21(15-19)47-16-23(43)42-29-27(35)25(33)24(32(37,38)39)26(34)28(29)36/h2-15H,16H2,1H3,(H,40,45)(H,41,44)(H,42,43)/b22-14-. The minimum atomic E-state index is -5.73. The average molecular weight is 678 g/mol. The minimum absolute atomic E-state index is 0.135. The molecule has 4 aromatic carbocycles. The summed E-state index contributed by atoms with van der Waals surface area (Å²) in [5.74, 6) is -12.8. The first kappa shape index (κ1) is 34.6. The molecule has 0 spiro atoms. The van der Waals surface area contributed by atoms with Crippen molar-refractivity contribution in [1.29, 1.82) is 0 Å². The summed E-state index contributed by atoms with van der Waals surface area (Å²) in [6.45, 7) is 0. The number of rotatable bonds is 10. The van der Waals surface area contributed by atoms with E-state index >= 15 is 0 Å². The Kier molecular flexibility index (Phi) is 10.9. The molecule has 0 radical (unpaired) electrons. The second-order valence-electron chi connectivity index (χ2n) is 9.48. The molecule has 4 rings (SSSR count). The van der Waals surface area contributed by atoms with Gasteiger partial charge in [-0.3, -0.25) is 14.4 Å². The van der Waals surface area contributed by atoms with E-state index in [1.807, 2.05) is 0 Å². The number of ether oxygens (including phenoxy) is 1. The Labute approximate surface area is 266 Å². The SMILES string of the molecule is COc1cccc(/C=C(\NC(=O)c2ccccc2)C(=O)Nc2cccc(SCC(=O)Nc3c(F)c(F)c(C(F)(F)F)c(F)c3F)c2)c1. The summed E-state index contributed by atoms with van der Waals surface area (Å²) in [5, 5.41) is 6.75. The Bertz CT molecular complexity index is 1820.